The summed E-state index contributed by atoms with van der Waals surface area (Å²) in [6.45, 7) is 7.05. The van der Waals surface area contributed by atoms with Crippen molar-refractivity contribution in [3.8, 4) is 11.8 Å². The summed E-state index contributed by atoms with van der Waals surface area (Å²) in [5.74, 6) is 0.198. The van der Waals surface area contributed by atoms with E-state index in [1.165, 1.54) is 0 Å². The van der Waals surface area contributed by atoms with Crippen molar-refractivity contribution in [2.45, 2.75) is 39.7 Å². The highest BCUT2D eigenvalue weighted by Gasteiger charge is 2.29. The van der Waals surface area contributed by atoms with Crippen LogP contribution >= 0.6 is 0 Å². The van der Waals surface area contributed by atoms with Gasteiger partial charge in [-0.05, 0) is 37.1 Å². The second-order valence-corrected chi connectivity index (χ2v) is 5.61. The van der Waals surface area contributed by atoms with Crippen LogP contribution in [0.4, 0.5) is 0 Å². The predicted octanol–water partition coefficient (Wildman–Crippen LogP) is 2.71. The number of carbonyl (C=O) groups is 2. The zero-order valence-corrected chi connectivity index (χ0v) is 13.5. The van der Waals surface area contributed by atoms with E-state index in [-0.39, 0.29) is 24.2 Å². The molecule has 1 amide bonds. The van der Waals surface area contributed by atoms with E-state index in [1.54, 1.807) is 38.1 Å². The standard InChI is InChI=1S/C17H22N2O3/c1-5-15(20)13-6-8-14(9-7-13)22-10-16(21)19-17(4,11-18)12(2)3/h6-9,12H,5,10H2,1-4H3,(H,19,21)/t17-/m0/s1. The van der Waals surface area contributed by atoms with Crippen molar-refractivity contribution in [1.29, 1.82) is 5.26 Å². The molecule has 0 saturated heterocycles. The quantitative estimate of drug-likeness (QED) is 0.785. The van der Waals surface area contributed by atoms with Crippen molar-refractivity contribution in [3.05, 3.63) is 29.8 Å². The number of Topliss-reactive ketones (excluding diaryl/α,β-unsaturated/α-hetero) is 1. The zero-order valence-electron chi connectivity index (χ0n) is 13.5. The minimum Gasteiger partial charge on any atom is -0.484 e. The Bertz CT molecular complexity index is 573. The van der Waals surface area contributed by atoms with Crippen LogP contribution in [0.1, 0.15) is 44.5 Å². The zero-order chi connectivity index (χ0) is 16.8. The molecule has 1 rings (SSSR count). The molecule has 1 N–H and O–H groups in total. The van der Waals surface area contributed by atoms with E-state index < -0.39 is 5.54 Å². The van der Waals surface area contributed by atoms with Crippen LogP contribution in [0.15, 0.2) is 24.3 Å². The van der Waals surface area contributed by atoms with E-state index in [1.807, 2.05) is 13.8 Å². The molecule has 0 aromatic heterocycles. The lowest BCUT2D eigenvalue weighted by molar-refractivity contribution is -0.124. The van der Waals surface area contributed by atoms with Crippen molar-refractivity contribution < 1.29 is 14.3 Å². The second-order valence-electron chi connectivity index (χ2n) is 5.61. The first-order valence-electron chi connectivity index (χ1n) is 7.30. The van der Waals surface area contributed by atoms with Crippen molar-refractivity contribution in [2.75, 3.05) is 6.61 Å². The van der Waals surface area contributed by atoms with E-state index in [9.17, 15) is 9.59 Å². The van der Waals surface area contributed by atoms with Crippen LogP contribution in [0.25, 0.3) is 0 Å². The van der Waals surface area contributed by atoms with E-state index in [4.69, 9.17) is 10.00 Å². The van der Waals surface area contributed by atoms with Gasteiger partial charge in [-0.1, -0.05) is 20.8 Å². The van der Waals surface area contributed by atoms with E-state index in [2.05, 4.69) is 11.4 Å². The largest absolute Gasteiger partial charge is 0.484 e. The number of nitrogens with one attached hydrogen (secondary N) is 1. The Morgan fingerprint density at radius 3 is 2.36 bits per heavy atom. The molecule has 0 spiro atoms. The summed E-state index contributed by atoms with van der Waals surface area (Å²) in [6, 6.07) is 8.76. The number of nitriles is 1. The van der Waals surface area contributed by atoms with Gasteiger partial charge in [0.2, 0.25) is 0 Å². The average molecular weight is 302 g/mol. The van der Waals surface area contributed by atoms with Gasteiger partial charge in [-0.15, -0.1) is 0 Å². The Balaban J connectivity index is 2.58. The highest BCUT2D eigenvalue weighted by atomic mass is 16.5. The second kappa shape index (κ2) is 7.60. The highest BCUT2D eigenvalue weighted by Crippen LogP contribution is 2.16. The van der Waals surface area contributed by atoms with Gasteiger partial charge >= 0.3 is 0 Å². The first-order valence-corrected chi connectivity index (χ1v) is 7.30. The highest BCUT2D eigenvalue weighted by molar-refractivity contribution is 5.95. The topological polar surface area (TPSA) is 79.2 Å². The first kappa shape index (κ1) is 17.7. The molecule has 0 heterocycles. The molecule has 118 valence electrons. The fraction of sp³-hybridized carbons (Fsp3) is 0.471. The molecule has 0 aliphatic carbocycles. The third-order valence-corrected chi connectivity index (χ3v) is 3.65. The Hall–Kier alpha value is -2.35. The number of amides is 1. The van der Waals surface area contributed by atoms with Crippen LogP contribution in [0.5, 0.6) is 5.75 Å². The molecule has 0 fully saturated rings. The summed E-state index contributed by atoms with van der Waals surface area (Å²) in [4.78, 5) is 23.4. The molecule has 1 atom stereocenters. The van der Waals surface area contributed by atoms with Gasteiger partial charge in [-0.25, -0.2) is 0 Å². The van der Waals surface area contributed by atoms with Gasteiger partial charge < -0.3 is 10.1 Å². The molecule has 5 nitrogen and oxygen atoms in total. The van der Waals surface area contributed by atoms with E-state index in [0.29, 0.717) is 17.7 Å². The van der Waals surface area contributed by atoms with Gasteiger partial charge in [-0.3, -0.25) is 9.59 Å². The monoisotopic (exact) mass is 302 g/mol. The molecule has 0 unspecified atom stereocenters. The summed E-state index contributed by atoms with van der Waals surface area (Å²) >= 11 is 0. The number of ketones is 1. The number of nitrogens with zero attached hydrogens (tertiary/aromatic N) is 1. The van der Waals surface area contributed by atoms with Crippen molar-refractivity contribution in [1.82, 2.24) is 5.32 Å². The molecular formula is C17H22N2O3. The number of ether oxygens (including phenoxy) is 1. The Morgan fingerprint density at radius 2 is 1.91 bits per heavy atom. The number of rotatable bonds is 7. The van der Waals surface area contributed by atoms with Crippen molar-refractivity contribution in [3.63, 3.8) is 0 Å². The van der Waals surface area contributed by atoms with Crippen molar-refractivity contribution >= 4 is 11.7 Å². The number of benzene rings is 1. The minimum absolute atomic E-state index is 0.0132. The number of hydrogen-bond donors (Lipinski definition) is 1. The third-order valence-electron chi connectivity index (χ3n) is 3.65. The molecule has 1 aromatic carbocycles. The van der Waals surface area contributed by atoms with E-state index >= 15 is 0 Å². The average Bonchev–Trinajstić information content (AvgIpc) is 2.52. The van der Waals surface area contributed by atoms with Gasteiger partial charge in [0.15, 0.2) is 12.4 Å². The van der Waals surface area contributed by atoms with Gasteiger partial charge in [0.25, 0.3) is 5.91 Å². The lowest BCUT2D eigenvalue weighted by Crippen LogP contribution is -2.50. The smallest absolute Gasteiger partial charge is 0.259 e. The van der Waals surface area contributed by atoms with Gasteiger partial charge in [0, 0.05) is 12.0 Å². The molecular weight excluding hydrogens is 280 g/mol. The molecule has 1 aromatic rings. The molecule has 0 aliphatic rings. The van der Waals surface area contributed by atoms with Crippen LogP contribution in [0.2, 0.25) is 0 Å². The fourth-order valence-corrected chi connectivity index (χ4v) is 1.72. The molecule has 22 heavy (non-hydrogen) atoms. The molecule has 0 radical (unpaired) electrons. The Morgan fingerprint density at radius 1 is 1.32 bits per heavy atom. The summed E-state index contributed by atoms with van der Waals surface area (Å²) in [7, 11) is 0. The third kappa shape index (κ3) is 4.59. The summed E-state index contributed by atoms with van der Waals surface area (Å²) in [5.41, 5.74) is -0.297. The maximum atomic E-state index is 11.9. The van der Waals surface area contributed by atoms with Crippen LogP contribution in [0, 0.1) is 17.2 Å². The molecule has 0 bridgehead atoms. The lowest BCUT2D eigenvalue weighted by atomic mass is 9.90. The fourth-order valence-electron chi connectivity index (χ4n) is 1.72. The SMILES string of the molecule is CCC(=O)c1ccc(OCC(=O)N[C@@](C)(C#N)C(C)C)cc1. The predicted molar refractivity (Wildman–Crippen MR) is 83.6 cm³/mol. The number of carbonyl (C=O) groups excluding carboxylic acids is 2. The maximum absolute atomic E-state index is 11.9. The van der Waals surface area contributed by atoms with Gasteiger partial charge in [0.05, 0.1) is 6.07 Å². The molecule has 5 heteroatoms. The summed E-state index contributed by atoms with van der Waals surface area (Å²) < 4.78 is 5.37. The van der Waals surface area contributed by atoms with Crippen LogP contribution in [-0.4, -0.2) is 23.8 Å². The van der Waals surface area contributed by atoms with Crippen LogP contribution in [-0.2, 0) is 4.79 Å². The summed E-state index contributed by atoms with van der Waals surface area (Å²) in [6.07, 6.45) is 0.449. The normalized spacial score (nSPS) is 13.1. The van der Waals surface area contributed by atoms with Crippen LogP contribution in [0.3, 0.4) is 0 Å². The number of hydrogen-bond acceptors (Lipinski definition) is 4. The Kier molecular flexibility index (Phi) is 6.11. The lowest BCUT2D eigenvalue weighted by Gasteiger charge is -2.27. The van der Waals surface area contributed by atoms with Crippen molar-refractivity contribution in [2.24, 2.45) is 5.92 Å². The minimum atomic E-state index is -0.919. The maximum Gasteiger partial charge on any atom is 0.259 e. The van der Waals surface area contributed by atoms with Crippen LogP contribution < -0.4 is 10.1 Å². The van der Waals surface area contributed by atoms with Gasteiger partial charge in [0.1, 0.15) is 11.3 Å². The molecule has 0 saturated carbocycles. The first-order chi connectivity index (χ1) is 10.3. The Labute approximate surface area is 131 Å². The van der Waals surface area contributed by atoms with Gasteiger partial charge in [-0.2, -0.15) is 5.26 Å². The summed E-state index contributed by atoms with van der Waals surface area (Å²) in [5, 5.41) is 11.8. The molecule has 0 aliphatic heterocycles. The van der Waals surface area contributed by atoms with E-state index in [0.717, 1.165) is 0 Å².